The maximum absolute atomic E-state index is 12.7. The van der Waals surface area contributed by atoms with E-state index in [2.05, 4.69) is 33.1 Å². The predicted octanol–water partition coefficient (Wildman–Crippen LogP) is 2.85. The molecule has 4 unspecified atom stereocenters. The van der Waals surface area contributed by atoms with Gasteiger partial charge in [0.05, 0.1) is 13.2 Å². The molecule has 0 aliphatic rings. The Balaban J connectivity index is 4.33. The average Bonchev–Trinajstić information content (AvgIpc) is 2.97. The van der Waals surface area contributed by atoms with E-state index in [0.717, 1.165) is 12.8 Å². The Morgan fingerprint density at radius 2 is 0.976 bits per heavy atom. The summed E-state index contributed by atoms with van der Waals surface area (Å²) in [7, 11) is 0. The molecule has 0 fully saturated rings. The van der Waals surface area contributed by atoms with Gasteiger partial charge in [0.15, 0.2) is 0 Å². The molecule has 0 aliphatic carbocycles. The molecule has 6 N–H and O–H groups in total. The molecule has 0 aromatic carbocycles. The van der Waals surface area contributed by atoms with Crippen molar-refractivity contribution in [2.75, 3.05) is 39.9 Å². The summed E-state index contributed by atoms with van der Waals surface area (Å²) < 4.78 is 30.2. The van der Waals surface area contributed by atoms with Gasteiger partial charge in [-0.2, -0.15) is 11.1 Å². The first-order valence-corrected chi connectivity index (χ1v) is 14.4. The highest BCUT2D eigenvalue weighted by Crippen LogP contribution is 2.18. The van der Waals surface area contributed by atoms with Crippen LogP contribution >= 0.6 is 0 Å². The minimum atomic E-state index is -0.813. The second kappa shape index (κ2) is 27.3. The Kier molecular flexibility index (Phi) is 25.7. The second-order valence-electron chi connectivity index (χ2n) is 9.32. The molecule has 0 saturated heterocycles. The molecule has 0 bridgehead atoms. The van der Waals surface area contributed by atoms with Crippen molar-refractivity contribution in [1.82, 2.24) is 33.1 Å². The summed E-state index contributed by atoms with van der Waals surface area (Å²) in [6, 6.07) is 0. The van der Waals surface area contributed by atoms with Crippen LogP contribution < -0.4 is 33.1 Å². The lowest BCUT2D eigenvalue weighted by Crippen LogP contribution is -2.47. The molecule has 0 radical (unpaired) electrons. The minimum absolute atomic E-state index is 0.0662. The number of carbonyl (C=O) groups is 3. The summed E-state index contributed by atoms with van der Waals surface area (Å²) in [6.07, 6.45) is 1.21. The van der Waals surface area contributed by atoms with Crippen LogP contribution in [0.15, 0.2) is 0 Å². The number of ether oxygens (including phenoxy) is 6. The van der Waals surface area contributed by atoms with E-state index in [1.165, 1.54) is 0 Å². The molecule has 17 nitrogen and oxygen atoms in total. The highest BCUT2D eigenvalue weighted by atomic mass is 16.8. The molecule has 17 heteroatoms. The van der Waals surface area contributed by atoms with Gasteiger partial charge in [0, 0.05) is 24.9 Å². The van der Waals surface area contributed by atoms with E-state index in [1.54, 1.807) is 0 Å². The zero-order valence-corrected chi connectivity index (χ0v) is 25.8. The van der Waals surface area contributed by atoms with E-state index >= 15 is 0 Å². The molecule has 0 heterocycles. The molecule has 4 atom stereocenters. The molecule has 0 saturated carbocycles. The van der Waals surface area contributed by atoms with Gasteiger partial charge >= 0.3 is 18.5 Å². The minimum Gasteiger partial charge on any atom is -0.434 e. The summed E-state index contributed by atoms with van der Waals surface area (Å²) >= 11 is 0. The number of nitrogens with one attached hydrogen (secondary N) is 6. The Hall–Kier alpha value is -2.51. The van der Waals surface area contributed by atoms with Crippen molar-refractivity contribution in [3.63, 3.8) is 0 Å². The molecule has 0 aromatic rings. The molecule has 0 amide bonds. The fourth-order valence-electron chi connectivity index (χ4n) is 3.26. The van der Waals surface area contributed by atoms with Crippen molar-refractivity contribution in [3.05, 3.63) is 0 Å². The highest BCUT2D eigenvalue weighted by molar-refractivity contribution is 5.60. The van der Waals surface area contributed by atoms with Gasteiger partial charge in [-0.1, -0.05) is 54.4 Å². The molecule has 0 aromatic heterocycles. The molecule has 248 valence electrons. The topological polar surface area (TPSA) is 197 Å². The smallest absolute Gasteiger partial charge is 0.434 e. The maximum atomic E-state index is 12.7. The maximum Gasteiger partial charge on any atom is 0.510 e. The van der Waals surface area contributed by atoms with E-state index in [-0.39, 0.29) is 50.8 Å². The molecule has 42 heavy (non-hydrogen) atoms. The summed E-state index contributed by atoms with van der Waals surface area (Å²) in [6.45, 7) is 12.3. The number of rotatable bonds is 26. The Bertz CT molecular complexity index is 641. The van der Waals surface area contributed by atoms with E-state index in [9.17, 15) is 14.4 Å². The van der Waals surface area contributed by atoms with Crippen LogP contribution in [0, 0.1) is 11.8 Å². The molecule has 0 rings (SSSR count). The third-order valence-electron chi connectivity index (χ3n) is 5.50. The van der Waals surface area contributed by atoms with Gasteiger partial charge in [-0.25, -0.2) is 34.9 Å². The summed E-state index contributed by atoms with van der Waals surface area (Å²) in [5.74, 6) is -0.132. The Labute approximate surface area is 248 Å². The summed E-state index contributed by atoms with van der Waals surface area (Å²) in [4.78, 5) is 44.9. The van der Waals surface area contributed by atoms with E-state index in [1.807, 2.05) is 41.5 Å². The first-order chi connectivity index (χ1) is 20.3. The van der Waals surface area contributed by atoms with Crippen LogP contribution in [-0.4, -0.2) is 70.6 Å². The van der Waals surface area contributed by atoms with Crippen LogP contribution in [0.1, 0.15) is 80.1 Å². The first-order valence-electron chi connectivity index (χ1n) is 14.4. The Morgan fingerprint density at radius 3 is 1.33 bits per heavy atom. The standard InChI is InChI=1S/C25H52N6O11/c1-7-11-21(19(5)15-26-28-30-39-17-37-23(32)35-13-9-3)41-25(34)42-22(12-8-2)20(6)16-27-29-31-40-18-38-24(33)36-14-10-4/h19-22,26-31H,7-18H2,1-6H3. The first kappa shape index (κ1) is 39.5. The van der Waals surface area contributed by atoms with Crippen molar-refractivity contribution < 1.29 is 52.5 Å². The fourth-order valence-corrected chi connectivity index (χ4v) is 3.26. The zero-order chi connectivity index (χ0) is 31.4. The van der Waals surface area contributed by atoms with Crippen LogP contribution in [0.25, 0.3) is 0 Å². The number of hydrogen-bond donors (Lipinski definition) is 6. The zero-order valence-electron chi connectivity index (χ0n) is 25.8. The lowest BCUT2D eigenvalue weighted by Gasteiger charge is -2.27. The molecule has 0 spiro atoms. The predicted molar refractivity (Wildman–Crippen MR) is 149 cm³/mol. The van der Waals surface area contributed by atoms with Gasteiger partial charge in [-0.3, -0.25) is 0 Å². The van der Waals surface area contributed by atoms with Gasteiger partial charge in [0.25, 0.3) is 0 Å². The normalized spacial score (nSPS) is 13.9. The third kappa shape index (κ3) is 22.1. The van der Waals surface area contributed by atoms with Crippen LogP contribution in [-0.2, 0) is 38.1 Å². The van der Waals surface area contributed by atoms with E-state index in [0.29, 0.717) is 38.8 Å². The molecular weight excluding hydrogens is 560 g/mol. The largest absolute Gasteiger partial charge is 0.510 e. The monoisotopic (exact) mass is 612 g/mol. The second-order valence-corrected chi connectivity index (χ2v) is 9.32. The van der Waals surface area contributed by atoms with Gasteiger partial charge < -0.3 is 28.4 Å². The van der Waals surface area contributed by atoms with Crippen LogP contribution in [0.3, 0.4) is 0 Å². The van der Waals surface area contributed by atoms with Crippen LogP contribution in [0.4, 0.5) is 14.4 Å². The van der Waals surface area contributed by atoms with Gasteiger partial charge in [0.1, 0.15) is 12.2 Å². The molecular formula is C25H52N6O11. The third-order valence-corrected chi connectivity index (χ3v) is 5.50. The van der Waals surface area contributed by atoms with Crippen molar-refractivity contribution in [2.45, 2.75) is 92.3 Å². The SMILES string of the molecule is CCCOC(=O)OCONNNCC(C)C(CCC)OC(=O)OC(CCC)C(C)CNNNOCOC(=O)OCCC. The Morgan fingerprint density at radius 1 is 0.571 bits per heavy atom. The van der Waals surface area contributed by atoms with Gasteiger partial charge in [-0.05, 0) is 25.7 Å². The van der Waals surface area contributed by atoms with Gasteiger partial charge in [-0.15, -0.1) is 11.2 Å². The lowest BCUT2D eigenvalue weighted by molar-refractivity contribution is -0.105. The number of carbonyl (C=O) groups excluding carboxylic acids is 3. The quantitative estimate of drug-likeness (QED) is 0.0274. The van der Waals surface area contributed by atoms with Gasteiger partial charge in [0.2, 0.25) is 13.6 Å². The van der Waals surface area contributed by atoms with Crippen LogP contribution in [0.2, 0.25) is 0 Å². The summed E-state index contributed by atoms with van der Waals surface area (Å²) in [5.41, 5.74) is 15.8. The van der Waals surface area contributed by atoms with E-state index in [4.69, 9.17) is 38.1 Å². The highest BCUT2D eigenvalue weighted by Gasteiger charge is 2.26. The average molecular weight is 613 g/mol. The summed E-state index contributed by atoms with van der Waals surface area (Å²) in [5, 5.41) is 0. The van der Waals surface area contributed by atoms with Crippen molar-refractivity contribution in [3.8, 4) is 0 Å². The fraction of sp³-hybridized carbons (Fsp3) is 0.880. The number of hydrogen-bond acceptors (Lipinski definition) is 17. The van der Waals surface area contributed by atoms with Crippen molar-refractivity contribution in [1.29, 1.82) is 0 Å². The lowest BCUT2D eigenvalue weighted by atomic mass is 10.0. The van der Waals surface area contributed by atoms with E-state index < -0.39 is 18.5 Å². The van der Waals surface area contributed by atoms with Crippen molar-refractivity contribution in [2.24, 2.45) is 11.8 Å². The van der Waals surface area contributed by atoms with Crippen LogP contribution in [0.5, 0.6) is 0 Å². The van der Waals surface area contributed by atoms with Crippen molar-refractivity contribution >= 4 is 18.5 Å². The molecule has 0 aliphatic heterocycles. The number of hydrazine groups is 4.